The summed E-state index contributed by atoms with van der Waals surface area (Å²) in [4.78, 5) is 0. The van der Waals surface area contributed by atoms with Crippen molar-refractivity contribution in [2.75, 3.05) is 0 Å². The second kappa shape index (κ2) is 11.7. The van der Waals surface area contributed by atoms with Crippen LogP contribution in [0.25, 0.3) is 92.2 Å². The van der Waals surface area contributed by atoms with E-state index >= 15 is 0 Å². The molecular weight excluding hydrogens is 623 g/mol. The Balaban J connectivity index is 1.21. The summed E-state index contributed by atoms with van der Waals surface area (Å²) in [6.45, 7) is 0. The molecule has 0 amide bonds. The third-order valence-electron chi connectivity index (χ3n) is 9.97. The lowest BCUT2D eigenvalue weighted by Gasteiger charge is -2.13. The number of hydrogen-bond acceptors (Lipinski definition) is 1. The fourth-order valence-corrected chi connectivity index (χ4v) is 8.85. The number of benzene rings is 8. The van der Waals surface area contributed by atoms with Crippen molar-refractivity contribution in [3.05, 3.63) is 188 Å². The van der Waals surface area contributed by atoms with Crippen molar-refractivity contribution in [2.24, 2.45) is 0 Å². The van der Waals surface area contributed by atoms with Crippen LogP contribution in [0, 0.1) is 0 Å². The van der Waals surface area contributed by atoms with Crippen LogP contribution in [0.2, 0.25) is 0 Å². The van der Waals surface area contributed by atoms with Gasteiger partial charge in [0, 0.05) is 36.6 Å². The number of aromatic nitrogens is 1. The Kier molecular flexibility index (Phi) is 6.75. The molecule has 50 heavy (non-hydrogen) atoms. The fourth-order valence-electron chi connectivity index (χ4n) is 7.61. The van der Waals surface area contributed by atoms with Gasteiger partial charge in [-0.1, -0.05) is 127 Å². The van der Waals surface area contributed by atoms with Crippen LogP contribution < -0.4 is 0 Å². The second-order valence-corrected chi connectivity index (χ2v) is 14.0. The molecule has 0 saturated heterocycles. The molecule has 0 radical (unpaired) electrons. The van der Waals surface area contributed by atoms with Crippen molar-refractivity contribution in [3.63, 3.8) is 0 Å². The molecule has 234 valence electrons. The summed E-state index contributed by atoms with van der Waals surface area (Å²) in [5.41, 5.74) is 13.4. The van der Waals surface area contributed by atoms with Crippen molar-refractivity contribution in [1.29, 1.82) is 0 Å². The summed E-state index contributed by atoms with van der Waals surface area (Å²) >= 11 is 1.89. The summed E-state index contributed by atoms with van der Waals surface area (Å²) in [7, 11) is 0. The van der Waals surface area contributed by atoms with E-state index in [1.165, 1.54) is 92.2 Å². The van der Waals surface area contributed by atoms with Crippen LogP contribution in [0.15, 0.2) is 188 Å². The van der Waals surface area contributed by atoms with Gasteiger partial charge in [0.05, 0.1) is 11.0 Å². The van der Waals surface area contributed by atoms with Crippen LogP contribution in [0.5, 0.6) is 0 Å². The van der Waals surface area contributed by atoms with Crippen LogP contribution >= 0.6 is 11.3 Å². The number of hydrogen-bond donors (Lipinski definition) is 0. The third kappa shape index (κ3) is 4.76. The number of fused-ring (bicyclic) bond motifs is 6. The molecule has 0 spiro atoms. The minimum absolute atomic E-state index is 1.17. The summed E-state index contributed by atoms with van der Waals surface area (Å²) < 4.78 is 5.03. The highest BCUT2D eigenvalue weighted by atomic mass is 32.1. The van der Waals surface area contributed by atoms with Crippen molar-refractivity contribution >= 4 is 53.3 Å². The Bertz CT molecular complexity index is 2860. The Morgan fingerprint density at radius 2 is 0.880 bits per heavy atom. The van der Waals surface area contributed by atoms with E-state index in [4.69, 9.17) is 0 Å². The maximum Gasteiger partial charge on any atom is 0.0541 e. The van der Waals surface area contributed by atoms with E-state index in [0.29, 0.717) is 0 Å². The highest BCUT2D eigenvalue weighted by Gasteiger charge is 2.16. The summed E-state index contributed by atoms with van der Waals surface area (Å²) in [6.07, 6.45) is 0. The maximum atomic E-state index is 2.39. The zero-order valence-electron chi connectivity index (χ0n) is 27.3. The topological polar surface area (TPSA) is 4.93 Å². The number of nitrogens with zero attached hydrogens (tertiary/aromatic N) is 1. The molecule has 8 aromatic carbocycles. The van der Waals surface area contributed by atoms with Gasteiger partial charge in [0.1, 0.15) is 0 Å². The molecule has 0 aliphatic heterocycles. The molecular formula is C48H31NS. The first kappa shape index (κ1) is 28.8. The van der Waals surface area contributed by atoms with Crippen molar-refractivity contribution in [1.82, 2.24) is 4.57 Å². The highest BCUT2D eigenvalue weighted by molar-refractivity contribution is 7.26. The van der Waals surface area contributed by atoms with Gasteiger partial charge in [-0.3, -0.25) is 0 Å². The molecule has 0 bridgehead atoms. The molecule has 2 aromatic heterocycles. The first-order valence-corrected chi connectivity index (χ1v) is 17.9. The number of rotatable bonds is 5. The Morgan fingerprint density at radius 3 is 1.70 bits per heavy atom. The van der Waals surface area contributed by atoms with E-state index in [1.807, 2.05) is 11.3 Å². The lowest BCUT2D eigenvalue weighted by Crippen LogP contribution is -1.93. The lowest BCUT2D eigenvalue weighted by molar-refractivity contribution is 1.18. The van der Waals surface area contributed by atoms with Crippen LogP contribution in [0.1, 0.15) is 0 Å². The monoisotopic (exact) mass is 653 g/mol. The quantitative estimate of drug-likeness (QED) is 0.174. The molecule has 2 heterocycles. The summed E-state index contributed by atoms with van der Waals surface area (Å²) in [5, 5.41) is 5.15. The van der Waals surface area contributed by atoms with E-state index in [9.17, 15) is 0 Å². The number of thiophene rings is 1. The zero-order valence-corrected chi connectivity index (χ0v) is 28.1. The van der Waals surface area contributed by atoms with Gasteiger partial charge in [-0.15, -0.1) is 11.3 Å². The van der Waals surface area contributed by atoms with Gasteiger partial charge in [-0.2, -0.15) is 0 Å². The fraction of sp³-hybridized carbons (Fsp3) is 0. The van der Waals surface area contributed by atoms with Crippen molar-refractivity contribution in [3.8, 4) is 50.2 Å². The van der Waals surface area contributed by atoms with Gasteiger partial charge in [0.15, 0.2) is 0 Å². The molecule has 0 saturated carbocycles. The smallest absolute Gasteiger partial charge is 0.0541 e. The average Bonchev–Trinajstić information content (AvgIpc) is 3.74. The Morgan fingerprint density at radius 1 is 0.320 bits per heavy atom. The predicted octanol–water partition coefficient (Wildman–Crippen LogP) is 13.8. The minimum atomic E-state index is 1.17. The molecule has 10 rings (SSSR count). The van der Waals surface area contributed by atoms with E-state index in [0.717, 1.165) is 0 Å². The lowest BCUT2D eigenvalue weighted by atomic mass is 9.91. The maximum absolute atomic E-state index is 2.39. The van der Waals surface area contributed by atoms with Gasteiger partial charge in [0.2, 0.25) is 0 Å². The molecule has 0 aliphatic rings. The van der Waals surface area contributed by atoms with Crippen molar-refractivity contribution in [2.45, 2.75) is 0 Å². The van der Waals surface area contributed by atoms with Crippen LogP contribution in [-0.2, 0) is 0 Å². The van der Waals surface area contributed by atoms with Gasteiger partial charge < -0.3 is 4.57 Å². The minimum Gasteiger partial charge on any atom is -0.309 e. The first-order valence-electron chi connectivity index (χ1n) is 17.1. The highest BCUT2D eigenvalue weighted by Crippen LogP contribution is 2.43. The van der Waals surface area contributed by atoms with Gasteiger partial charge in [-0.25, -0.2) is 0 Å². The van der Waals surface area contributed by atoms with Gasteiger partial charge in [0.25, 0.3) is 0 Å². The molecule has 0 atom stereocenters. The van der Waals surface area contributed by atoms with Crippen LogP contribution in [0.3, 0.4) is 0 Å². The largest absolute Gasteiger partial charge is 0.309 e. The molecule has 2 heteroatoms. The molecule has 0 N–H and O–H groups in total. The Labute approximate surface area is 295 Å². The second-order valence-electron chi connectivity index (χ2n) is 12.9. The first-order chi connectivity index (χ1) is 24.8. The van der Waals surface area contributed by atoms with Crippen LogP contribution in [-0.4, -0.2) is 4.57 Å². The van der Waals surface area contributed by atoms with E-state index in [2.05, 4.69) is 193 Å². The predicted molar refractivity (Wildman–Crippen MR) is 215 cm³/mol. The van der Waals surface area contributed by atoms with Crippen molar-refractivity contribution < 1.29 is 0 Å². The van der Waals surface area contributed by atoms with E-state index < -0.39 is 0 Å². The number of para-hydroxylation sites is 2. The molecule has 0 unspecified atom stereocenters. The summed E-state index contributed by atoms with van der Waals surface area (Å²) in [6, 6.07) is 68.7. The standard InChI is InChI=1S/C48H31NS/c1-3-13-32(14-4-1)33-15-11-16-34(27-33)36-28-37(30-38(29-36)40-21-12-22-43-42-20-8-10-24-47(42)50-48(40)43)35-25-26-46-44(31-35)41-19-7-9-23-45(41)49(46)39-17-5-2-6-18-39/h1-31H. The molecule has 1 nitrogen and oxygen atoms in total. The van der Waals surface area contributed by atoms with Crippen LogP contribution in [0.4, 0.5) is 0 Å². The third-order valence-corrected chi connectivity index (χ3v) is 11.2. The van der Waals surface area contributed by atoms with E-state index in [1.54, 1.807) is 0 Å². The summed E-state index contributed by atoms with van der Waals surface area (Å²) in [5.74, 6) is 0. The van der Waals surface area contributed by atoms with Gasteiger partial charge in [-0.05, 0) is 105 Å². The molecule has 0 aliphatic carbocycles. The van der Waals surface area contributed by atoms with E-state index in [-0.39, 0.29) is 0 Å². The average molecular weight is 654 g/mol. The molecule has 10 aromatic rings. The normalized spacial score (nSPS) is 11.6. The SMILES string of the molecule is c1ccc(-c2cccc(-c3cc(-c4ccc5c(c4)c4ccccc4n5-c4ccccc4)cc(-c4cccc5c4sc4ccccc45)c3)c2)cc1. The zero-order chi connectivity index (χ0) is 33.0. The molecule has 0 fully saturated rings. The Hall–Kier alpha value is -6.22. The van der Waals surface area contributed by atoms with Gasteiger partial charge >= 0.3 is 0 Å².